The van der Waals surface area contributed by atoms with E-state index in [4.69, 9.17) is 4.74 Å². The number of hydrogen-bond acceptors (Lipinski definition) is 5. The van der Waals surface area contributed by atoms with E-state index in [9.17, 15) is 4.79 Å². The average Bonchev–Trinajstić information content (AvgIpc) is 2.64. The van der Waals surface area contributed by atoms with E-state index >= 15 is 0 Å². The van der Waals surface area contributed by atoms with Gasteiger partial charge in [-0.05, 0) is 19.3 Å². The fourth-order valence-electron chi connectivity index (χ4n) is 1.22. The summed E-state index contributed by atoms with van der Waals surface area (Å²) in [6.45, 7) is 10.9. The van der Waals surface area contributed by atoms with Crippen molar-refractivity contribution in [3.8, 4) is 0 Å². The molecule has 18 heavy (non-hydrogen) atoms. The predicted molar refractivity (Wildman–Crippen MR) is 75.0 cm³/mol. The average molecular weight is 270 g/mol. The van der Waals surface area contributed by atoms with Crippen LogP contribution in [-0.4, -0.2) is 23.6 Å². The van der Waals surface area contributed by atoms with Gasteiger partial charge >= 0.3 is 5.97 Å². The van der Waals surface area contributed by atoms with E-state index < -0.39 is 0 Å². The highest BCUT2D eigenvalue weighted by Gasteiger charge is 2.20. The molecule has 0 bridgehead atoms. The Hall–Kier alpha value is -1.10. The molecule has 0 amide bonds. The molecule has 0 saturated carbocycles. The fourth-order valence-corrected chi connectivity index (χ4v) is 2.01. The Bertz CT molecular complexity index is 396. The molecule has 0 saturated heterocycles. The summed E-state index contributed by atoms with van der Waals surface area (Å²) in [6.07, 6.45) is 0.246. The van der Waals surface area contributed by atoms with Gasteiger partial charge in [-0.3, -0.25) is 4.79 Å². The maximum atomic E-state index is 11.3. The molecule has 0 fully saturated rings. The van der Waals surface area contributed by atoms with Gasteiger partial charge in [0.15, 0.2) is 5.13 Å². The molecule has 102 valence electrons. The van der Waals surface area contributed by atoms with E-state index in [1.165, 1.54) is 11.3 Å². The molecule has 1 atom stereocenters. The van der Waals surface area contributed by atoms with E-state index in [2.05, 4.69) is 38.0 Å². The van der Waals surface area contributed by atoms with Gasteiger partial charge in [0.25, 0.3) is 0 Å². The Morgan fingerprint density at radius 3 is 2.78 bits per heavy atom. The number of carbonyl (C=O) groups excluding carboxylic acids is 1. The van der Waals surface area contributed by atoms with Crippen LogP contribution in [0.3, 0.4) is 0 Å². The zero-order chi connectivity index (χ0) is 13.8. The Kier molecular flexibility index (Phi) is 5.14. The molecular formula is C13H22N2O2S. The van der Waals surface area contributed by atoms with Crippen LogP contribution in [0.25, 0.3) is 0 Å². The van der Waals surface area contributed by atoms with Gasteiger partial charge in [0.1, 0.15) is 0 Å². The lowest BCUT2D eigenvalue weighted by atomic mass is 9.88. The van der Waals surface area contributed by atoms with Crippen molar-refractivity contribution in [2.45, 2.75) is 47.1 Å². The molecule has 0 aliphatic rings. The molecule has 1 rings (SSSR count). The van der Waals surface area contributed by atoms with Crippen LogP contribution in [0.4, 0.5) is 5.13 Å². The van der Waals surface area contributed by atoms with Crippen molar-refractivity contribution in [2.75, 3.05) is 11.9 Å². The first-order chi connectivity index (χ1) is 8.32. The summed E-state index contributed by atoms with van der Waals surface area (Å²) in [5.41, 5.74) is 0.939. The zero-order valence-corrected chi connectivity index (χ0v) is 12.6. The minimum atomic E-state index is -0.224. The van der Waals surface area contributed by atoms with Crippen molar-refractivity contribution in [3.63, 3.8) is 0 Å². The molecule has 0 radical (unpaired) electrons. The van der Waals surface area contributed by atoms with Gasteiger partial charge < -0.3 is 10.1 Å². The Labute approximate surface area is 113 Å². The van der Waals surface area contributed by atoms with Gasteiger partial charge in [0.05, 0.1) is 18.7 Å². The van der Waals surface area contributed by atoms with Gasteiger partial charge in [0, 0.05) is 11.4 Å². The molecule has 1 heterocycles. The van der Waals surface area contributed by atoms with Crippen LogP contribution in [0.15, 0.2) is 5.38 Å². The summed E-state index contributed by atoms with van der Waals surface area (Å²) in [4.78, 5) is 15.7. The minimum absolute atomic E-state index is 0.174. The van der Waals surface area contributed by atoms with Crippen LogP contribution in [0.5, 0.6) is 0 Å². The molecule has 5 heteroatoms. The lowest BCUT2D eigenvalue weighted by Crippen LogP contribution is -2.30. The summed E-state index contributed by atoms with van der Waals surface area (Å²) in [7, 11) is 0. The lowest BCUT2D eigenvalue weighted by molar-refractivity contribution is -0.142. The van der Waals surface area contributed by atoms with Crippen LogP contribution in [0, 0.1) is 5.41 Å². The molecule has 0 spiro atoms. The van der Waals surface area contributed by atoms with Gasteiger partial charge in [0.2, 0.25) is 0 Å². The largest absolute Gasteiger partial charge is 0.466 e. The van der Waals surface area contributed by atoms with Crippen molar-refractivity contribution in [1.29, 1.82) is 0 Å². The number of esters is 1. The second kappa shape index (κ2) is 6.18. The Balaban J connectivity index is 2.56. The molecule has 0 aromatic carbocycles. The van der Waals surface area contributed by atoms with E-state index in [1.807, 2.05) is 5.38 Å². The molecule has 0 aliphatic heterocycles. The molecule has 0 aliphatic carbocycles. The predicted octanol–water partition coefficient (Wildman–Crippen LogP) is 3.10. The Morgan fingerprint density at radius 2 is 2.22 bits per heavy atom. The third-order valence-electron chi connectivity index (χ3n) is 2.82. The summed E-state index contributed by atoms with van der Waals surface area (Å²) in [5, 5.41) is 6.12. The highest BCUT2D eigenvalue weighted by atomic mass is 32.1. The second-order valence-electron chi connectivity index (χ2n) is 5.36. The van der Waals surface area contributed by atoms with E-state index in [-0.39, 0.29) is 17.8 Å². The summed E-state index contributed by atoms with van der Waals surface area (Å²) >= 11 is 1.52. The van der Waals surface area contributed by atoms with Crippen LogP contribution in [0.2, 0.25) is 0 Å². The van der Waals surface area contributed by atoms with E-state index in [0.29, 0.717) is 12.6 Å². The van der Waals surface area contributed by atoms with Crippen molar-refractivity contribution in [1.82, 2.24) is 4.98 Å². The van der Waals surface area contributed by atoms with Gasteiger partial charge in [-0.25, -0.2) is 4.98 Å². The standard InChI is InChI=1S/C13H22N2O2S/c1-6-17-11(16)7-10-8-18-12(15-10)14-9(2)13(3,4)5/h8-9H,6-7H2,1-5H3,(H,14,15). The van der Waals surface area contributed by atoms with Crippen LogP contribution < -0.4 is 5.32 Å². The molecule has 4 nitrogen and oxygen atoms in total. The summed E-state index contributed by atoms with van der Waals surface area (Å²) in [6, 6.07) is 0.319. The number of nitrogens with zero attached hydrogens (tertiary/aromatic N) is 1. The minimum Gasteiger partial charge on any atom is -0.466 e. The van der Waals surface area contributed by atoms with Crippen LogP contribution >= 0.6 is 11.3 Å². The first-order valence-electron chi connectivity index (χ1n) is 6.19. The smallest absolute Gasteiger partial charge is 0.311 e. The second-order valence-corrected chi connectivity index (χ2v) is 6.22. The van der Waals surface area contributed by atoms with E-state index in [0.717, 1.165) is 10.8 Å². The molecule has 1 aromatic heterocycles. The summed E-state index contributed by atoms with van der Waals surface area (Å²) in [5.74, 6) is -0.224. The number of carbonyl (C=O) groups is 1. The number of ether oxygens (including phenoxy) is 1. The number of anilines is 1. The monoisotopic (exact) mass is 270 g/mol. The molecule has 1 aromatic rings. The quantitative estimate of drug-likeness (QED) is 0.835. The first kappa shape index (κ1) is 15.0. The van der Waals surface area contributed by atoms with Crippen LogP contribution in [0.1, 0.15) is 40.3 Å². The molecule has 1 unspecified atom stereocenters. The third-order valence-corrected chi connectivity index (χ3v) is 3.64. The number of hydrogen-bond donors (Lipinski definition) is 1. The number of rotatable bonds is 5. The van der Waals surface area contributed by atoms with Crippen molar-refractivity contribution in [2.24, 2.45) is 5.41 Å². The van der Waals surface area contributed by atoms with Crippen LogP contribution in [-0.2, 0) is 16.0 Å². The van der Waals surface area contributed by atoms with E-state index in [1.54, 1.807) is 6.92 Å². The maximum absolute atomic E-state index is 11.3. The first-order valence-corrected chi connectivity index (χ1v) is 7.07. The van der Waals surface area contributed by atoms with Gasteiger partial charge in [-0.2, -0.15) is 0 Å². The van der Waals surface area contributed by atoms with Crippen molar-refractivity contribution in [3.05, 3.63) is 11.1 Å². The number of nitrogens with one attached hydrogen (secondary N) is 1. The van der Waals surface area contributed by atoms with Gasteiger partial charge in [-0.1, -0.05) is 20.8 Å². The van der Waals surface area contributed by atoms with Gasteiger partial charge in [-0.15, -0.1) is 11.3 Å². The topological polar surface area (TPSA) is 51.2 Å². The highest BCUT2D eigenvalue weighted by molar-refractivity contribution is 7.13. The van der Waals surface area contributed by atoms with Crippen molar-refractivity contribution < 1.29 is 9.53 Å². The normalized spacial score (nSPS) is 13.2. The lowest BCUT2D eigenvalue weighted by Gasteiger charge is -2.27. The number of aromatic nitrogens is 1. The Morgan fingerprint density at radius 1 is 1.56 bits per heavy atom. The number of thiazole rings is 1. The third kappa shape index (κ3) is 4.64. The highest BCUT2D eigenvalue weighted by Crippen LogP contribution is 2.24. The fraction of sp³-hybridized carbons (Fsp3) is 0.692. The van der Waals surface area contributed by atoms with Crippen molar-refractivity contribution >= 4 is 22.4 Å². The maximum Gasteiger partial charge on any atom is 0.311 e. The SMILES string of the molecule is CCOC(=O)Cc1csc(NC(C)C(C)(C)C)n1. The molecular weight excluding hydrogens is 248 g/mol. The molecule has 1 N–H and O–H groups in total. The zero-order valence-electron chi connectivity index (χ0n) is 11.7. The summed E-state index contributed by atoms with van der Waals surface area (Å²) < 4.78 is 4.90.